The Morgan fingerprint density at radius 3 is 1.85 bits per heavy atom. The second kappa shape index (κ2) is 2.40. The Labute approximate surface area is 78.3 Å². The van der Waals surface area contributed by atoms with Crippen LogP contribution < -0.4 is 5.73 Å². The number of amides is 2. The third kappa shape index (κ3) is 0.990. The number of primary amides is 1. The highest BCUT2D eigenvalue weighted by molar-refractivity contribution is 5.73. The zero-order valence-electron chi connectivity index (χ0n) is 7.78. The lowest BCUT2D eigenvalue weighted by Crippen LogP contribution is -2.61. The number of nitrogens with two attached hydrogens (primary N) is 1. The summed E-state index contributed by atoms with van der Waals surface area (Å²) in [5.41, 5.74) is 5.40. The molecule has 2 aliphatic carbocycles. The molecule has 0 spiro atoms. The van der Waals surface area contributed by atoms with Crippen LogP contribution in [-0.2, 0) is 0 Å². The minimum Gasteiger partial charge on any atom is -0.351 e. The van der Waals surface area contributed by atoms with Crippen molar-refractivity contribution in [3.63, 3.8) is 0 Å². The predicted molar refractivity (Wildman–Crippen MR) is 49.1 cm³/mol. The Bertz CT molecular complexity index is 223. The SMILES string of the molecule is NC(=O)N1C2CC3CC(C2)CC1C3. The van der Waals surface area contributed by atoms with E-state index < -0.39 is 0 Å². The second-order valence-electron chi connectivity index (χ2n) is 4.96. The Kier molecular flexibility index (Phi) is 1.41. The van der Waals surface area contributed by atoms with Crippen LogP contribution in [0.1, 0.15) is 32.1 Å². The standard InChI is InChI=1S/C10H16N2O/c11-10(13)12-8-2-6-1-7(4-8)5-9(12)3-6/h6-9H,1-5H2,(H2,11,13). The average Bonchev–Trinajstić information content (AvgIpc) is 2.00. The zero-order valence-corrected chi connectivity index (χ0v) is 7.78. The summed E-state index contributed by atoms with van der Waals surface area (Å²) in [5, 5.41) is 0. The van der Waals surface area contributed by atoms with Crippen molar-refractivity contribution in [2.45, 2.75) is 44.2 Å². The van der Waals surface area contributed by atoms with Gasteiger partial charge in [0.2, 0.25) is 0 Å². The number of hydrogen-bond donors (Lipinski definition) is 1. The lowest BCUT2D eigenvalue weighted by molar-refractivity contribution is -0.0291. The number of piperidine rings is 2. The minimum atomic E-state index is -0.186. The van der Waals surface area contributed by atoms with Gasteiger partial charge in [-0.3, -0.25) is 0 Å². The molecule has 2 N–H and O–H groups in total. The molecule has 0 unspecified atom stereocenters. The molecule has 0 aromatic heterocycles. The van der Waals surface area contributed by atoms with Gasteiger partial charge in [-0.25, -0.2) is 4.79 Å². The zero-order chi connectivity index (χ0) is 9.00. The molecule has 2 aliphatic heterocycles. The van der Waals surface area contributed by atoms with E-state index in [9.17, 15) is 4.79 Å². The van der Waals surface area contributed by atoms with Crippen molar-refractivity contribution in [1.82, 2.24) is 4.90 Å². The predicted octanol–water partition coefficient (Wildman–Crippen LogP) is 1.33. The summed E-state index contributed by atoms with van der Waals surface area (Å²) in [5.74, 6) is 1.80. The van der Waals surface area contributed by atoms with Crippen molar-refractivity contribution in [3.8, 4) is 0 Å². The van der Waals surface area contributed by atoms with Crippen LogP contribution in [0.4, 0.5) is 4.79 Å². The molecule has 2 saturated carbocycles. The van der Waals surface area contributed by atoms with Crippen molar-refractivity contribution in [2.75, 3.05) is 0 Å². The minimum absolute atomic E-state index is 0.186. The summed E-state index contributed by atoms with van der Waals surface area (Å²) in [7, 11) is 0. The molecular weight excluding hydrogens is 164 g/mol. The lowest BCUT2D eigenvalue weighted by atomic mass is 9.64. The van der Waals surface area contributed by atoms with Crippen LogP contribution in [0.3, 0.4) is 0 Å². The first-order chi connectivity index (χ1) is 6.24. The molecule has 4 bridgehead atoms. The van der Waals surface area contributed by atoms with Gasteiger partial charge in [0.05, 0.1) is 0 Å². The summed E-state index contributed by atoms with van der Waals surface area (Å²) in [6.07, 6.45) is 6.29. The van der Waals surface area contributed by atoms with Crippen molar-refractivity contribution in [3.05, 3.63) is 0 Å². The van der Waals surface area contributed by atoms with E-state index in [4.69, 9.17) is 5.73 Å². The van der Waals surface area contributed by atoms with Crippen molar-refractivity contribution in [1.29, 1.82) is 0 Å². The van der Waals surface area contributed by atoms with Gasteiger partial charge in [0.1, 0.15) is 0 Å². The van der Waals surface area contributed by atoms with Crippen LogP contribution in [0, 0.1) is 11.8 Å². The molecular formula is C10H16N2O. The Morgan fingerprint density at radius 1 is 1.00 bits per heavy atom. The molecule has 0 radical (unpaired) electrons. The van der Waals surface area contributed by atoms with E-state index in [-0.39, 0.29) is 6.03 Å². The monoisotopic (exact) mass is 180 g/mol. The van der Waals surface area contributed by atoms with Gasteiger partial charge in [-0.05, 0) is 43.9 Å². The van der Waals surface area contributed by atoms with E-state index >= 15 is 0 Å². The topological polar surface area (TPSA) is 46.3 Å². The fourth-order valence-electron chi connectivity index (χ4n) is 3.89. The quantitative estimate of drug-likeness (QED) is 0.600. The normalized spacial score (nSPS) is 46.9. The fraction of sp³-hybridized carbons (Fsp3) is 0.900. The van der Waals surface area contributed by atoms with Crippen molar-refractivity contribution in [2.24, 2.45) is 17.6 Å². The Morgan fingerprint density at radius 2 is 1.46 bits per heavy atom. The molecule has 0 aromatic rings. The van der Waals surface area contributed by atoms with Gasteiger partial charge in [-0.1, -0.05) is 0 Å². The number of hydrogen-bond acceptors (Lipinski definition) is 1. The maximum atomic E-state index is 11.2. The Balaban J connectivity index is 1.89. The molecule has 3 nitrogen and oxygen atoms in total. The number of urea groups is 1. The van der Waals surface area contributed by atoms with Gasteiger partial charge in [-0.2, -0.15) is 0 Å². The van der Waals surface area contributed by atoms with Gasteiger partial charge in [0.15, 0.2) is 0 Å². The van der Waals surface area contributed by atoms with Gasteiger partial charge < -0.3 is 10.6 Å². The molecule has 2 heterocycles. The number of carbonyl (C=O) groups excluding carboxylic acids is 1. The van der Waals surface area contributed by atoms with E-state index in [1.807, 2.05) is 4.90 Å². The van der Waals surface area contributed by atoms with Crippen LogP contribution in [0.25, 0.3) is 0 Å². The molecule has 3 heteroatoms. The summed E-state index contributed by atoms with van der Waals surface area (Å²) >= 11 is 0. The van der Waals surface area contributed by atoms with Crippen LogP contribution in [0.5, 0.6) is 0 Å². The molecule has 4 rings (SSSR count). The fourth-order valence-corrected chi connectivity index (χ4v) is 3.89. The molecule has 4 aliphatic rings. The summed E-state index contributed by atoms with van der Waals surface area (Å²) in [6.45, 7) is 0. The number of nitrogens with zero attached hydrogens (tertiary/aromatic N) is 1. The summed E-state index contributed by atoms with van der Waals surface area (Å²) in [4.78, 5) is 13.2. The van der Waals surface area contributed by atoms with E-state index in [2.05, 4.69) is 0 Å². The van der Waals surface area contributed by atoms with Crippen LogP contribution in [0.2, 0.25) is 0 Å². The summed E-state index contributed by atoms with van der Waals surface area (Å²) < 4.78 is 0. The van der Waals surface area contributed by atoms with Crippen molar-refractivity contribution < 1.29 is 4.79 Å². The molecule has 2 amide bonds. The maximum Gasteiger partial charge on any atom is 0.315 e. The molecule has 0 aromatic carbocycles. The first-order valence-electron chi connectivity index (χ1n) is 5.32. The first-order valence-corrected chi connectivity index (χ1v) is 5.32. The third-order valence-corrected chi connectivity index (χ3v) is 4.13. The largest absolute Gasteiger partial charge is 0.351 e. The number of carbonyl (C=O) groups is 1. The molecule has 2 saturated heterocycles. The maximum absolute atomic E-state index is 11.2. The van der Waals surface area contributed by atoms with Crippen molar-refractivity contribution >= 4 is 6.03 Å². The first kappa shape index (κ1) is 7.65. The van der Waals surface area contributed by atoms with Crippen LogP contribution >= 0.6 is 0 Å². The molecule has 13 heavy (non-hydrogen) atoms. The Hall–Kier alpha value is -0.730. The average molecular weight is 180 g/mol. The third-order valence-electron chi connectivity index (χ3n) is 4.13. The number of rotatable bonds is 0. The van der Waals surface area contributed by atoms with Gasteiger partial charge in [-0.15, -0.1) is 0 Å². The molecule has 72 valence electrons. The van der Waals surface area contributed by atoms with Crippen LogP contribution in [0.15, 0.2) is 0 Å². The second-order valence-corrected chi connectivity index (χ2v) is 4.96. The van der Waals surface area contributed by atoms with E-state index in [1.165, 1.54) is 32.1 Å². The van der Waals surface area contributed by atoms with Crippen LogP contribution in [-0.4, -0.2) is 23.0 Å². The highest BCUT2D eigenvalue weighted by atomic mass is 16.2. The highest BCUT2D eigenvalue weighted by Crippen LogP contribution is 2.48. The summed E-state index contributed by atoms with van der Waals surface area (Å²) in [6, 6.07) is 0.802. The molecule has 4 fully saturated rings. The molecule has 0 atom stereocenters. The highest BCUT2D eigenvalue weighted by Gasteiger charge is 2.47. The van der Waals surface area contributed by atoms with E-state index in [1.54, 1.807) is 0 Å². The van der Waals surface area contributed by atoms with E-state index in [0.717, 1.165) is 11.8 Å². The lowest BCUT2D eigenvalue weighted by Gasteiger charge is -2.55. The van der Waals surface area contributed by atoms with Gasteiger partial charge in [0, 0.05) is 12.1 Å². The van der Waals surface area contributed by atoms with E-state index in [0.29, 0.717) is 12.1 Å². The smallest absolute Gasteiger partial charge is 0.315 e. The van der Waals surface area contributed by atoms with Gasteiger partial charge in [0.25, 0.3) is 0 Å². The van der Waals surface area contributed by atoms with Gasteiger partial charge >= 0.3 is 6.03 Å².